The quantitative estimate of drug-likeness (QED) is 0.901. The second-order valence-electron chi connectivity index (χ2n) is 5.50. The Morgan fingerprint density at radius 1 is 1.30 bits per heavy atom. The SMILES string of the molecule is Cc1cc(N2CCCC2=O)ccc1S(=O)(=O)NCc1cccs1. The van der Waals surface area contributed by atoms with Gasteiger partial charge in [-0.25, -0.2) is 13.1 Å². The number of sulfonamides is 1. The summed E-state index contributed by atoms with van der Waals surface area (Å²) in [6, 6.07) is 8.83. The molecule has 2 heterocycles. The molecule has 0 aliphatic carbocycles. The standard InChI is InChI=1S/C16H18N2O3S2/c1-12-10-13(18-8-2-5-16(18)19)6-7-15(12)23(20,21)17-11-14-4-3-9-22-14/h3-4,6-7,9-10,17H,2,5,8,11H2,1H3. The van der Waals surface area contributed by atoms with E-state index in [1.807, 2.05) is 17.5 Å². The third-order valence-corrected chi connectivity index (χ3v) is 6.29. The molecule has 1 aliphatic rings. The number of hydrogen-bond acceptors (Lipinski definition) is 4. The Kier molecular flexibility index (Phi) is 4.52. The maximum absolute atomic E-state index is 12.5. The number of rotatable bonds is 5. The third-order valence-electron chi connectivity index (χ3n) is 3.85. The molecule has 1 fully saturated rings. The second-order valence-corrected chi connectivity index (χ2v) is 8.27. The highest BCUT2D eigenvalue weighted by atomic mass is 32.2. The molecular formula is C16H18N2O3S2. The van der Waals surface area contributed by atoms with Gasteiger partial charge in [0.2, 0.25) is 15.9 Å². The fraction of sp³-hybridized carbons (Fsp3) is 0.312. The summed E-state index contributed by atoms with van der Waals surface area (Å²) in [4.78, 5) is 14.7. The normalized spacial score (nSPS) is 15.3. The number of nitrogens with one attached hydrogen (secondary N) is 1. The van der Waals surface area contributed by atoms with E-state index >= 15 is 0 Å². The number of carbonyl (C=O) groups is 1. The van der Waals surface area contributed by atoms with Crippen molar-refractivity contribution in [3.8, 4) is 0 Å². The molecule has 0 unspecified atom stereocenters. The largest absolute Gasteiger partial charge is 0.312 e. The van der Waals surface area contributed by atoms with Crippen LogP contribution in [0.1, 0.15) is 23.3 Å². The van der Waals surface area contributed by atoms with Gasteiger partial charge < -0.3 is 4.90 Å². The molecule has 23 heavy (non-hydrogen) atoms. The smallest absolute Gasteiger partial charge is 0.241 e. The lowest BCUT2D eigenvalue weighted by atomic mass is 10.2. The van der Waals surface area contributed by atoms with E-state index in [2.05, 4.69) is 4.72 Å². The van der Waals surface area contributed by atoms with Gasteiger partial charge in [0.15, 0.2) is 0 Å². The molecule has 2 aromatic rings. The molecule has 1 saturated heterocycles. The fourth-order valence-electron chi connectivity index (χ4n) is 2.68. The van der Waals surface area contributed by atoms with E-state index in [0.717, 1.165) is 17.0 Å². The molecule has 0 spiro atoms. The first-order chi connectivity index (χ1) is 11.0. The predicted molar refractivity (Wildman–Crippen MR) is 91.1 cm³/mol. The number of carbonyl (C=O) groups excluding carboxylic acids is 1. The van der Waals surface area contributed by atoms with Crippen molar-refractivity contribution in [1.82, 2.24) is 4.72 Å². The minimum absolute atomic E-state index is 0.0934. The summed E-state index contributed by atoms with van der Waals surface area (Å²) >= 11 is 1.51. The summed E-state index contributed by atoms with van der Waals surface area (Å²) < 4.78 is 27.5. The van der Waals surface area contributed by atoms with Crippen molar-refractivity contribution in [2.24, 2.45) is 0 Å². The van der Waals surface area contributed by atoms with Crippen LogP contribution in [0.2, 0.25) is 0 Å². The van der Waals surface area contributed by atoms with Gasteiger partial charge in [0.1, 0.15) is 0 Å². The molecule has 7 heteroatoms. The molecule has 1 aromatic heterocycles. The van der Waals surface area contributed by atoms with Crippen molar-refractivity contribution in [2.75, 3.05) is 11.4 Å². The van der Waals surface area contributed by atoms with Crippen molar-refractivity contribution in [2.45, 2.75) is 31.2 Å². The minimum atomic E-state index is -3.57. The topological polar surface area (TPSA) is 66.5 Å². The second kappa shape index (κ2) is 6.43. The average molecular weight is 350 g/mol. The van der Waals surface area contributed by atoms with Gasteiger partial charge in [-0.2, -0.15) is 0 Å². The Morgan fingerprint density at radius 3 is 2.74 bits per heavy atom. The first-order valence-electron chi connectivity index (χ1n) is 7.40. The van der Waals surface area contributed by atoms with Gasteiger partial charge in [-0.1, -0.05) is 6.07 Å². The van der Waals surface area contributed by atoms with Crippen LogP contribution in [0.5, 0.6) is 0 Å². The van der Waals surface area contributed by atoms with Crippen LogP contribution in [0.4, 0.5) is 5.69 Å². The van der Waals surface area contributed by atoms with Crippen LogP contribution in [0.15, 0.2) is 40.6 Å². The van der Waals surface area contributed by atoms with Crippen molar-refractivity contribution >= 4 is 33.0 Å². The summed E-state index contributed by atoms with van der Waals surface area (Å²) in [7, 11) is -3.57. The Bertz CT molecular complexity index is 814. The Labute approximate surface area is 140 Å². The molecule has 0 radical (unpaired) electrons. The summed E-state index contributed by atoms with van der Waals surface area (Å²) in [5.74, 6) is 0.0934. The highest BCUT2D eigenvalue weighted by Gasteiger charge is 2.23. The Balaban J connectivity index is 1.80. The Morgan fingerprint density at radius 2 is 2.13 bits per heavy atom. The van der Waals surface area contributed by atoms with Crippen molar-refractivity contribution in [3.05, 3.63) is 46.2 Å². The highest BCUT2D eigenvalue weighted by molar-refractivity contribution is 7.89. The summed E-state index contributed by atoms with van der Waals surface area (Å²) in [5, 5.41) is 1.91. The van der Waals surface area contributed by atoms with Crippen molar-refractivity contribution in [1.29, 1.82) is 0 Å². The molecule has 122 valence electrons. The fourth-order valence-corrected chi connectivity index (χ4v) is 4.65. The molecular weight excluding hydrogens is 332 g/mol. The zero-order valence-electron chi connectivity index (χ0n) is 12.8. The minimum Gasteiger partial charge on any atom is -0.312 e. The third kappa shape index (κ3) is 3.46. The summed E-state index contributed by atoms with van der Waals surface area (Å²) in [6.45, 7) is 2.73. The van der Waals surface area contributed by atoms with Crippen LogP contribution < -0.4 is 9.62 Å². The number of nitrogens with zero attached hydrogens (tertiary/aromatic N) is 1. The van der Waals surface area contributed by atoms with Crippen LogP contribution in [-0.2, 0) is 21.4 Å². The van der Waals surface area contributed by atoms with Gasteiger partial charge in [-0.3, -0.25) is 4.79 Å². The lowest BCUT2D eigenvalue weighted by Gasteiger charge is -2.17. The van der Waals surface area contributed by atoms with Gasteiger partial charge >= 0.3 is 0 Å². The van der Waals surface area contributed by atoms with E-state index in [4.69, 9.17) is 0 Å². The number of thiophene rings is 1. The summed E-state index contributed by atoms with van der Waals surface area (Å²) in [6.07, 6.45) is 1.40. The maximum Gasteiger partial charge on any atom is 0.241 e. The maximum atomic E-state index is 12.5. The van der Waals surface area contributed by atoms with Gasteiger partial charge in [0.05, 0.1) is 4.90 Å². The molecule has 1 aliphatic heterocycles. The number of benzene rings is 1. The highest BCUT2D eigenvalue weighted by Crippen LogP contribution is 2.26. The lowest BCUT2D eigenvalue weighted by Crippen LogP contribution is -2.25. The van der Waals surface area contributed by atoms with Crippen LogP contribution in [-0.4, -0.2) is 20.9 Å². The van der Waals surface area contributed by atoms with E-state index in [-0.39, 0.29) is 17.3 Å². The van der Waals surface area contributed by atoms with E-state index in [1.54, 1.807) is 30.0 Å². The van der Waals surface area contributed by atoms with E-state index in [9.17, 15) is 13.2 Å². The van der Waals surface area contributed by atoms with Gasteiger partial charge in [-0.05, 0) is 48.6 Å². The molecule has 3 rings (SSSR count). The van der Waals surface area contributed by atoms with E-state index in [0.29, 0.717) is 18.5 Å². The molecule has 0 saturated carbocycles. The molecule has 5 nitrogen and oxygen atoms in total. The number of hydrogen-bond donors (Lipinski definition) is 1. The zero-order chi connectivity index (χ0) is 16.4. The average Bonchev–Trinajstić information content (AvgIpc) is 3.16. The van der Waals surface area contributed by atoms with Crippen molar-refractivity contribution < 1.29 is 13.2 Å². The molecule has 1 aromatic carbocycles. The molecule has 0 bridgehead atoms. The van der Waals surface area contributed by atoms with E-state index < -0.39 is 10.0 Å². The van der Waals surface area contributed by atoms with Gasteiger partial charge in [0.25, 0.3) is 0 Å². The van der Waals surface area contributed by atoms with E-state index in [1.165, 1.54) is 11.3 Å². The number of aryl methyl sites for hydroxylation is 1. The van der Waals surface area contributed by atoms with Crippen LogP contribution >= 0.6 is 11.3 Å². The van der Waals surface area contributed by atoms with Crippen LogP contribution in [0, 0.1) is 6.92 Å². The molecule has 1 amide bonds. The molecule has 1 N–H and O–H groups in total. The summed E-state index contributed by atoms with van der Waals surface area (Å²) in [5.41, 5.74) is 1.41. The van der Waals surface area contributed by atoms with Crippen molar-refractivity contribution in [3.63, 3.8) is 0 Å². The van der Waals surface area contributed by atoms with Crippen LogP contribution in [0.25, 0.3) is 0 Å². The monoisotopic (exact) mass is 350 g/mol. The van der Waals surface area contributed by atoms with Crippen LogP contribution in [0.3, 0.4) is 0 Å². The van der Waals surface area contributed by atoms with Gasteiger partial charge in [-0.15, -0.1) is 11.3 Å². The first-order valence-corrected chi connectivity index (χ1v) is 9.77. The number of anilines is 1. The Hall–Kier alpha value is -1.70. The first kappa shape index (κ1) is 16.2. The van der Waals surface area contributed by atoms with Gasteiger partial charge in [0, 0.05) is 30.1 Å². The number of amides is 1. The molecule has 0 atom stereocenters. The zero-order valence-corrected chi connectivity index (χ0v) is 14.4. The lowest BCUT2D eigenvalue weighted by molar-refractivity contribution is -0.117. The predicted octanol–water partition coefficient (Wildman–Crippen LogP) is 2.66.